The lowest BCUT2D eigenvalue weighted by Gasteiger charge is -2.56. The summed E-state index contributed by atoms with van der Waals surface area (Å²) in [5.41, 5.74) is 7.67. The van der Waals surface area contributed by atoms with E-state index in [1.54, 1.807) is 7.11 Å². The second-order valence-corrected chi connectivity index (χ2v) is 15.5. The van der Waals surface area contributed by atoms with Crippen molar-refractivity contribution < 1.29 is 48.1 Å². The number of ether oxygens (including phenoxy) is 3. The molecule has 6 rings (SSSR count). The molecule has 7 atom stereocenters. The molecule has 5 aliphatic rings. The number of methoxy groups -OCH3 is 1. The van der Waals surface area contributed by atoms with Gasteiger partial charge in [-0.2, -0.15) is 0 Å². The van der Waals surface area contributed by atoms with Crippen LogP contribution in [0, 0.1) is 17.8 Å². The van der Waals surface area contributed by atoms with Gasteiger partial charge in [-0.25, -0.2) is 4.79 Å². The lowest BCUT2D eigenvalue weighted by atomic mass is 9.53. The Balaban J connectivity index is 1.16. The fourth-order valence-electron chi connectivity index (χ4n) is 9.49. The summed E-state index contributed by atoms with van der Waals surface area (Å²) in [6.07, 6.45) is 4.70. The van der Waals surface area contributed by atoms with Crippen molar-refractivity contribution in [1.82, 2.24) is 20.4 Å². The van der Waals surface area contributed by atoms with Crippen molar-refractivity contribution in [3.8, 4) is 11.5 Å². The Morgan fingerprint density at radius 1 is 1.13 bits per heavy atom. The van der Waals surface area contributed by atoms with Crippen molar-refractivity contribution in [2.45, 2.75) is 94.7 Å². The molecule has 3 aliphatic heterocycles. The van der Waals surface area contributed by atoms with E-state index in [-0.39, 0.29) is 68.2 Å². The van der Waals surface area contributed by atoms with E-state index < -0.39 is 47.9 Å². The van der Waals surface area contributed by atoms with Crippen LogP contribution in [0.25, 0.3) is 0 Å². The van der Waals surface area contributed by atoms with Gasteiger partial charge in [-0.05, 0) is 95.6 Å². The second kappa shape index (κ2) is 16.5. The number of amides is 3. The Kier molecular flexibility index (Phi) is 12.0. The van der Waals surface area contributed by atoms with Crippen LogP contribution in [-0.2, 0) is 40.5 Å². The zero-order valence-electron chi connectivity index (χ0n) is 31.4. The molecule has 15 heteroatoms. The Hall–Kier alpha value is -4.50. The molecule has 3 heterocycles. The number of nitrogens with two attached hydrogens (primary N) is 1. The summed E-state index contributed by atoms with van der Waals surface area (Å²) in [5.74, 6) is -2.07. The normalized spacial score (nSPS) is 27.1. The molecule has 1 aromatic rings. The maximum Gasteiger partial charge on any atom is 0.415 e. The molecule has 54 heavy (non-hydrogen) atoms. The van der Waals surface area contributed by atoms with E-state index in [2.05, 4.69) is 28.6 Å². The number of carboxylic acid groups (broad SMARTS) is 1. The quantitative estimate of drug-likeness (QED) is 0.142. The average molecular weight is 752 g/mol. The van der Waals surface area contributed by atoms with E-state index in [1.165, 1.54) is 17.4 Å². The number of carbonyl (C=O) groups excluding carboxylic acids is 5. The number of nitrogens with zero attached hydrogens (tertiary/aromatic N) is 2. The van der Waals surface area contributed by atoms with Gasteiger partial charge in [0.2, 0.25) is 11.8 Å². The molecule has 3 unspecified atom stereocenters. The average Bonchev–Trinajstić information content (AvgIpc) is 3.50. The van der Waals surface area contributed by atoms with Crippen molar-refractivity contribution in [2.24, 2.45) is 23.5 Å². The number of allylic oxidation sites excluding steroid dienone is 1. The fourth-order valence-corrected chi connectivity index (χ4v) is 9.49. The Labute approximate surface area is 315 Å². The zero-order chi connectivity index (χ0) is 38.7. The molecule has 2 bridgehead atoms. The van der Waals surface area contributed by atoms with Crippen molar-refractivity contribution in [1.29, 1.82) is 0 Å². The van der Waals surface area contributed by atoms with E-state index >= 15 is 0 Å². The number of nitrogens with one attached hydrogen (secondary N) is 2. The Morgan fingerprint density at radius 3 is 2.65 bits per heavy atom. The largest absolute Gasteiger partial charge is 0.493 e. The minimum atomic E-state index is -0.979. The molecule has 1 aromatic carbocycles. The number of carboxylic acids is 1. The molecule has 1 spiro atoms. The standard InChI is InChI=1S/C39H53N5O10/c1-22(45)16-32(47)41-21-27(46)18-24(6-4-5-13-40)36(48)42-20-26-17-25(37(49)50)11-14-44(26)38(51)53-31-10-8-28-29-19-23-7-9-30(52-3)34-33(23)39(28,35(31)54-34)12-15-43(29)2/h7,9-10,24-26,28-29,35H,4-6,8,11-21,40H2,1-3H3,(H,41,47)(H,42,48)(H,49,50)/t24-,25?,26?,28?,29-,35-,39+/m1/s1. The van der Waals surface area contributed by atoms with Gasteiger partial charge < -0.3 is 45.5 Å². The maximum atomic E-state index is 14.1. The highest BCUT2D eigenvalue weighted by Crippen LogP contribution is 2.63. The molecule has 2 fully saturated rings. The van der Waals surface area contributed by atoms with Crippen LogP contribution < -0.4 is 25.8 Å². The highest BCUT2D eigenvalue weighted by Gasteiger charge is 2.65. The summed E-state index contributed by atoms with van der Waals surface area (Å²) in [6, 6.07) is 3.68. The maximum absolute atomic E-state index is 14.1. The number of piperidine rings is 2. The number of Topliss-reactive ketones (excluding diaryl/α,β-unsaturated/α-hetero) is 2. The first-order valence-electron chi connectivity index (χ1n) is 19.1. The van der Waals surface area contributed by atoms with Crippen molar-refractivity contribution in [3.05, 3.63) is 35.1 Å². The molecular formula is C39H53N5O10. The molecular weight excluding hydrogens is 698 g/mol. The van der Waals surface area contributed by atoms with Crippen LogP contribution >= 0.6 is 0 Å². The molecule has 0 saturated carbocycles. The summed E-state index contributed by atoms with van der Waals surface area (Å²) < 4.78 is 18.7. The fraction of sp³-hybridized carbons (Fsp3) is 0.641. The monoisotopic (exact) mass is 751 g/mol. The number of ketones is 2. The highest BCUT2D eigenvalue weighted by atomic mass is 16.6. The number of likely N-dealkylation sites (N-methyl/N-ethyl adjacent to an activating group) is 1. The van der Waals surface area contributed by atoms with E-state index in [4.69, 9.17) is 19.9 Å². The van der Waals surface area contributed by atoms with Crippen LogP contribution in [0.15, 0.2) is 24.0 Å². The number of likely N-dealkylation sites (tertiary alicyclic amines) is 2. The topological polar surface area (TPSA) is 207 Å². The number of rotatable bonds is 16. The van der Waals surface area contributed by atoms with E-state index in [0.717, 1.165) is 24.9 Å². The Morgan fingerprint density at radius 2 is 1.93 bits per heavy atom. The van der Waals surface area contributed by atoms with Crippen LogP contribution in [0.2, 0.25) is 0 Å². The van der Waals surface area contributed by atoms with E-state index in [9.17, 15) is 33.9 Å². The molecule has 2 saturated heterocycles. The minimum Gasteiger partial charge on any atom is -0.493 e. The number of carbonyl (C=O) groups is 6. The highest BCUT2D eigenvalue weighted by molar-refractivity contribution is 5.98. The lowest BCUT2D eigenvalue weighted by Crippen LogP contribution is -2.63. The SMILES string of the molecule is COc1ccc2c3c1O[C@@H]1C(OC(=O)N4CCC(C(=O)O)CC4CNC(=O)[C@H](CCCCN)CC(=O)CNC(=O)CC(C)=O)=CCC4[C@@H](C2)N(C)CC[C@@]341. The first-order valence-corrected chi connectivity index (χ1v) is 19.1. The first-order chi connectivity index (χ1) is 25.9. The molecule has 2 aliphatic carbocycles. The first kappa shape index (κ1) is 39.2. The van der Waals surface area contributed by atoms with Gasteiger partial charge in [0.05, 0.1) is 32.0 Å². The smallest absolute Gasteiger partial charge is 0.415 e. The molecule has 0 radical (unpaired) electrons. The number of hydrogen-bond donors (Lipinski definition) is 4. The summed E-state index contributed by atoms with van der Waals surface area (Å²) in [6.45, 7) is 2.33. The van der Waals surface area contributed by atoms with Crippen LogP contribution in [0.1, 0.15) is 75.8 Å². The number of unbranched alkanes of at least 4 members (excludes halogenated alkanes) is 1. The predicted molar refractivity (Wildman–Crippen MR) is 195 cm³/mol. The number of aliphatic carboxylic acids is 1. The van der Waals surface area contributed by atoms with E-state index in [1.807, 2.05) is 12.1 Å². The van der Waals surface area contributed by atoms with Crippen molar-refractivity contribution in [2.75, 3.05) is 46.9 Å². The summed E-state index contributed by atoms with van der Waals surface area (Å²) >= 11 is 0. The third-order valence-corrected chi connectivity index (χ3v) is 12.2. The summed E-state index contributed by atoms with van der Waals surface area (Å²) in [7, 11) is 3.78. The predicted octanol–water partition coefficient (Wildman–Crippen LogP) is 2.08. The van der Waals surface area contributed by atoms with Gasteiger partial charge in [0.15, 0.2) is 23.4 Å². The zero-order valence-corrected chi connectivity index (χ0v) is 31.4. The lowest BCUT2D eigenvalue weighted by molar-refractivity contribution is -0.144. The van der Waals surface area contributed by atoms with Crippen LogP contribution in [-0.4, -0.2) is 115 Å². The van der Waals surface area contributed by atoms with Gasteiger partial charge in [0, 0.05) is 42.4 Å². The van der Waals surface area contributed by atoms with E-state index in [0.29, 0.717) is 55.5 Å². The van der Waals surface area contributed by atoms with Crippen LogP contribution in [0.3, 0.4) is 0 Å². The van der Waals surface area contributed by atoms with Gasteiger partial charge in [-0.3, -0.25) is 24.0 Å². The second-order valence-electron chi connectivity index (χ2n) is 15.5. The summed E-state index contributed by atoms with van der Waals surface area (Å²) in [4.78, 5) is 79.6. The number of hydrogen-bond acceptors (Lipinski definition) is 11. The molecule has 15 nitrogen and oxygen atoms in total. The Bertz CT molecular complexity index is 1700. The van der Waals surface area contributed by atoms with Gasteiger partial charge in [0.1, 0.15) is 11.5 Å². The number of benzene rings is 1. The van der Waals surface area contributed by atoms with Crippen LogP contribution in [0.4, 0.5) is 4.79 Å². The van der Waals surface area contributed by atoms with Crippen molar-refractivity contribution in [3.63, 3.8) is 0 Å². The molecule has 0 aromatic heterocycles. The van der Waals surface area contributed by atoms with Gasteiger partial charge in [-0.15, -0.1) is 0 Å². The van der Waals surface area contributed by atoms with Crippen LogP contribution in [0.5, 0.6) is 11.5 Å². The molecule has 294 valence electrons. The minimum absolute atomic E-state index is 0.0420. The van der Waals surface area contributed by atoms with Gasteiger partial charge >= 0.3 is 12.1 Å². The molecule has 5 N–H and O–H groups in total. The third kappa shape index (κ3) is 7.70. The third-order valence-electron chi connectivity index (χ3n) is 12.2. The summed E-state index contributed by atoms with van der Waals surface area (Å²) in [5, 5.41) is 15.2. The van der Waals surface area contributed by atoms with Gasteiger partial charge in [-0.1, -0.05) is 12.5 Å². The molecule has 3 amide bonds. The van der Waals surface area contributed by atoms with Gasteiger partial charge in [0.25, 0.3) is 0 Å². The van der Waals surface area contributed by atoms with Crippen molar-refractivity contribution >= 4 is 35.4 Å².